The van der Waals surface area contributed by atoms with E-state index in [2.05, 4.69) is 133 Å². The number of hydrogen-bond acceptors (Lipinski definition) is 2. The molecule has 0 heterocycles. The lowest BCUT2D eigenvalue weighted by Gasteiger charge is -2.13. The van der Waals surface area contributed by atoms with E-state index in [1.807, 2.05) is 12.1 Å². The van der Waals surface area contributed by atoms with Gasteiger partial charge in [0, 0.05) is 17.1 Å². The van der Waals surface area contributed by atoms with Crippen LogP contribution in [0.4, 0.5) is 17.1 Å². The monoisotopic (exact) mass is 462 g/mol. The number of nitrogens with two attached hydrogens (primary N) is 1. The van der Waals surface area contributed by atoms with Gasteiger partial charge in [0.15, 0.2) is 0 Å². The Labute approximate surface area is 211 Å². The zero-order valence-corrected chi connectivity index (χ0v) is 19.9. The molecule has 6 aromatic rings. The molecule has 0 amide bonds. The fourth-order valence-electron chi connectivity index (χ4n) is 4.69. The summed E-state index contributed by atoms with van der Waals surface area (Å²) >= 11 is 0. The molecule has 6 aromatic carbocycles. The SMILES string of the molecule is Nc1ccc(-c2ccc(Nc3ccc4ccccc4c3)cc2)c(-c2ccc(-c3ccccc3)cc2)c1. The predicted molar refractivity (Wildman–Crippen MR) is 154 cm³/mol. The van der Waals surface area contributed by atoms with Crippen molar-refractivity contribution in [1.82, 2.24) is 0 Å². The molecule has 0 atom stereocenters. The van der Waals surface area contributed by atoms with E-state index in [-0.39, 0.29) is 0 Å². The van der Waals surface area contributed by atoms with Gasteiger partial charge in [-0.15, -0.1) is 0 Å². The zero-order chi connectivity index (χ0) is 24.3. The molecule has 0 unspecified atom stereocenters. The Morgan fingerprint density at radius 3 is 1.75 bits per heavy atom. The third kappa shape index (κ3) is 4.45. The predicted octanol–water partition coefficient (Wildman–Crippen LogP) is 9.17. The highest BCUT2D eigenvalue weighted by Crippen LogP contribution is 2.35. The molecule has 0 aliphatic carbocycles. The highest BCUT2D eigenvalue weighted by Gasteiger charge is 2.09. The molecule has 6 rings (SSSR count). The van der Waals surface area contributed by atoms with Crippen molar-refractivity contribution in [3.8, 4) is 33.4 Å². The van der Waals surface area contributed by atoms with Gasteiger partial charge in [0.2, 0.25) is 0 Å². The van der Waals surface area contributed by atoms with Crippen LogP contribution in [0.2, 0.25) is 0 Å². The lowest BCUT2D eigenvalue weighted by atomic mass is 9.93. The molecule has 0 radical (unpaired) electrons. The standard InChI is InChI=1S/C34H26N2/c35-30-17-21-33(34(23-30)28-12-10-26(11-13-28)24-6-2-1-3-7-24)27-15-18-31(19-16-27)36-32-20-14-25-8-4-5-9-29(25)22-32/h1-23,36H,35H2. The molecule has 0 saturated carbocycles. The number of benzene rings is 6. The number of anilines is 3. The van der Waals surface area contributed by atoms with Gasteiger partial charge in [0.25, 0.3) is 0 Å². The number of nitrogens with one attached hydrogen (secondary N) is 1. The van der Waals surface area contributed by atoms with E-state index >= 15 is 0 Å². The Kier molecular flexibility index (Phi) is 5.69. The topological polar surface area (TPSA) is 38.0 Å². The van der Waals surface area contributed by atoms with E-state index in [0.717, 1.165) is 39.3 Å². The van der Waals surface area contributed by atoms with Crippen molar-refractivity contribution in [3.05, 3.63) is 140 Å². The van der Waals surface area contributed by atoms with Crippen LogP contribution in [0.3, 0.4) is 0 Å². The maximum Gasteiger partial charge on any atom is 0.0390 e. The van der Waals surface area contributed by atoms with Gasteiger partial charge in [-0.05, 0) is 80.6 Å². The van der Waals surface area contributed by atoms with E-state index in [1.54, 1.807) is 0 Å². The minimum atomic E-state index is 0.760. The van der Waals surface area contributed by atoms with Crippen LogP contribution in [0.15, 0.2) is 140 Å². The summed E-state index contributed by atoms with van der Waals surface area (Å²) in [4.78, 5) is 0. The normalized spacial score (nSPS) is 10.9. The van der Waals surface area contributed by atoms with E-state index < -0.39 is 0 Å². The Bertz CT molecular complexity index is 1630. The van der Waals surface area contributed by atoms with Crippen molar-refractivity contribution >= 4 is 27.8 Å². The van der Waals surface area contributed by atoms with Gasteiger partial charge in [-0.25, -0.2) is 0 Å². The highest BCUT2D eigenvalue weighted by molar-refractivity contribution is 5.88. The zero-order valence-electron chi connectivity index (χ0n) is 19.9. The molecule has 2 nitrogen and oxygen atoms in total. The lowest BCUT2D eigenvalue weighted by Crippen LogP contribution is -1.92. The number of rotatable bonds is 5. The molecule has 36 heavy (non-hydrogen) atoms. The van der Waals surface area contributed by atoms with Gasteiger partial charge in [0.05, 0.1) is 0 Å². The molecule has 0 aromatic heterocycles. The van der Waals surface area contributed by atoms with Crippen LogP contribution in [0.25, 0.3) is 44.2 Å². The summed E-state index contributed by atoms with van der Waals surface area (Å²) in [6.45, 7) is 0. The van der Waals surface area contributed by atoms with Crippen LogP contribution in [0, 0.1) is 0 Å². The van der Waals surface area contributed by atoms with Crippen LogP contribution in [0.1, 0.15) is 0 Å². The second-order valence-electron chi connectivity index (χ2n) is 9.01. The van der Waals surface area contributed by atoms with Crippen LogP contribution < -0.4 is 11.1 Å². The van der Waals surface area contributed by atoms with Gasteiger partial charge >= 0.3 is 0 Å². The molecular formula is C34H26N2. The molecule has 0 fully saturated rings. The van der Waals surface area contributed by atoms with Crippen molar-refractivity contribution in [2.24, 2.45) is 0 Å². The molecule has 172 valence electrons. The first-order valence-corrected chi connectivity index (χ1v) is 12.1. The maximum absolute atomic E-state index is 6.20. The summed E-state index contributed by atoms with van der Waals surface area (Å²) in [5, 5.41) is 6.00. The maximum atomic E-state index is 6.20. The molecule has 3 N–H and O–H groups in total. The first-order chi connectivity index (χ1) is 17.7. The van der Waals surface area contributed by atoms with Gasteiger partial charge in [-0.3, -0.25) is 0 Å². The fraction of sp³-hybridized carbons (Fsp3) is 0. The first-order valence-electron chi connectivity index (χ1n) is 12.1. The average molecular weight is 463 g/mol. The highest BCUT2D eigenvalue weighted by atomic mass is 14.9. The minimum Gasteiger partial charge on any atom is -0.399 e. The van der Waals surface area contributed by atoms with Gasteiger partial charge in [0.1, 0.15) is 0 Å². The van der Waals surface area contributed by atoms with Crippen LogP contribution in [-0.2, 0) is 0 Å². The molecule has 0 aliphatic rings. The van der Waals surface area contributed by atoms with Crippen molar-refractivity contribution in [3.63, 3.8) is 0 Å². The second-order valence-corrected chi connectivity index (χ2v) is 9.01. The molecule has 0 spiro atoms. The quantitative estimate of drug-likeness (QED) is 0.251. The summed E-state index contributed by atoms with van der Waals surface area (Å²) in [5.41, 5.74) is 16.1. The Morgan fingerprint density at radius 1 is 0.389 bits per heavy atom. The molecule has 0 saturated heterocycles. The molecule has 0 bridgehead atoms. The van der Waals surface area contributed by atoms with Gasteiger partial charge in [-0.1, -0.05) is 103 Å². The molecular weight excluding hydrogens is 436 g/mol. The van der Waals surface area contributed by atoms with Gasteiger partial charge < -0.3 is 11.1 Å². The summed E-state index contributed by atoms with van der Waals surface area (Å²) in [6, 6.07) is 48.7. The largest absolute Gasteiger partial charge is 0.399 e. The number of nitrogen functional groups attached to an aromatic ring is 1. The average Bonchev–Trinajstić information content (AvgIpc) is 2.94. The number of hydrogen-bond donors (Lipinski definition) is 2. The summed E-state index contributed by atoms with van der Waals surface area (Å²) in [6.07, 6.45) is 0. The first kappa shape index (κ1) is 21.7. The third-order valence-corrected chi connectivity index (χ3v) is 6.58. The minimum absolute atomic E-state index is 0.760. The van der Waals surface area contributed by atoms with Crippen molar-refractivity contribution in [2.75, 3.05) is 11.1 Å². The smallest absolute Gasteiger partial charge is 0.0390 e. The van der Waals surface area contributed by atoms with Crippen molar-refractivity contribution in [2.45, 2.75) is 0 Å². The Hall–Kier alpha value is -4.82. The van der Waals surface area contributed by atoms with Crippen LogP contribution in [0.5, 0.6) is 0 Å². The Morgan fingerprint density at radius 2 is 0.972 bits per heavy atom. The molecule has 2 heteroatoms. The summed E-state index contributed by atoms with van der Waals surface area (Å²) in [5.74, 6) is 0. The Balaban J connectivity index is 1.29. The van der Waals surface area contributed by atoms with E-state index in [4.69, 9.17) is 5.73 Å². The summed E-state index contributed by atoms with van der Waals surface area (Å²) < 4.78 is 0. The second kappa shape index (κ2) is 9.44. The summed E-state index contributed by atoms with van der Waals surface area (Å²) in [7, 11) is 0. The fourth-order valence-corrected chi connectivity index (χ4v) is 4.69. The van der Waals surface area contributed by atoms with E-state index in [0.29, 0.717) is 0 Å². The van der Waals surface area contributed by atoms with Gasteiger partial charge in [-0.2, -0.15) is 0 Å². The van der Waals surface area contributed by atoms with Crippen LogP contribution >= 0.6 is 0 Å². The number of fused-ring (bicyclic) bond motifs is 1. The van der Waals surface area contributed by atoms with Crippen molar-refractivity contribution in [1.29, 1.82) is 0 Å². The van der Waals surface area contributed by atoms with Crippen LogP contribution in [-0.4, -0.2) is 0 Å². The van der Waals surface area contributed by atoms with Crippen molar-refractivity contribution < 1.29 is 0 Å². The van der Waals surface area contributed by atoms with E-state index in [1.165, 1.54) is 21.9 Å². The third-order valence-electron chi connectivity index (χ3n) is 6.58. The lowest BCUT2D eigenvalue weighted by molar-refractivity contribution is 1.54. The molecule has 0 aliphatic heterocycles. The van der Waals surface area contributed by atoms with E-state index in [9.17, 15) is 0 Å².